The van der Waals surface area contributed by atoms with Crippen molar-refractivity contribution in [2.45, 2.75) is 26.2 Å². The van der Waals surface area contributed by atoms with E-state index in [0.29, 0.717) is 5.92 Å². The number of nitrogens with zero attached hydrogens (tertiary/aromatic N) is 2. The lowest BCUT2D eigenvalue weighted by Crippen LogP contribution is -2.27. The fourth-order valence-electron chi connectivity index (χ4n) is 1.31. The van der Waals surface area contributed by atoms with Crippen molar-refractivity contribution in [1.29, 1.82) is 0 Å². The van der Waals surface area contributed by atoms with Crippen LogP contribution in [0.15, 0.2) is 18.3 Å². The first-order valence-corrected chi connectivity index (χ1v) is 4.60. The topological polar surface area (TPSA) is 42.2 Å². The molecular weight excluding hydrogens is 162 g/mol. The Morgan fingerprint density at radius 1 is 1.62 bits per heavy atom. The van der Waals surface area contributed by atoms with Crippen LogP contribution < -0.4 is 10.9 Å². The third kappa shape index (κ3) is 2.18. The van der Waals surface area contributed by atoms with Crippen molar-refractivity contribution in [2.24, 2.45) is 5.84 Å². The van der Waals surface area contributed by atoms with Gasteiger partial charge in [-0.25, -0.2) is 10.8 Å². The van der Waals surface area contributed by atoms with Gasteiger partial charge in [0.2, 0.25) is 0 Å². The molecule has 0 fully saturated rings. The van der Waals surface area contributed by atoms with E-state index in [0.717, 1.165) is 12.2 Å². The van der Waals surface area contributed by atoms with Gasteiger partial charge < -0.3 is 0 Å². The summed E-state index contributed by atoms with van der Waals surface area (Å²) >= 11 is 0. The maximum atomic E-state index is 5.68. The van der Waals surface area contributed by atoms with E-state index in [1.807, 2.05) is 13.1 Å². The summed E-state index contributed by atoms with van der Waals surface area (Å²) in [4.78, 5) is 4.25. The van der Waals surface area contributed by atoms with Crippen LogP contribution in [0.3, 0.4) is 0 Å². The summed E-state index contributed by atoms with van der Waals surface area (Å²) in [5.74, 6) is 7.06. The molecule has 0 spiro atoms. The average molecular weight is 179 g/mol. The Bertz CT molecular complexity index is 271. The largest absolute Gasteiger partial charge is 0.298 e. The second kappa shape index (κ2) is 4.23. The molecule has 2 N–H and O–H groups in total. The van der Waals surface area contributed by atoms with Crippen molar-refractivity contribution >= 4 is 5.82 Å². The molecule has 0 amide bonds. The minimum absolute atomic E-state index is 0.509. The molecule has 1 rings (SSSR count). The molecule has 0 saturated heterocycles. The van der Waals surface area contributed by atoms with E-state index in [1.165, 1.54) is 5.56 Å². The summed E-state index contributed by atoms with van der Waals surface area (Å²) in [7, 11) is 1.81. The van der Waals surface area contributed by atoms with Gasteiger partial charge in [-0.1, -0.05) is 19.9 Å². The Hall–Kier alpha value is -1.09. The van der Waals surface area contributed by atoms with Crippen LogP contribution in [0.4, 0.5) is 5.82 Å². The van der Waals surface area contributed by atoms with Crippen molar-refractivity contribution in [3.8, 4) is 0 Å². The predicted octanol–water partition coefficient (Wildman–Crippen LogP) is 1.90. The molecular formula is C10H17N3. The van der Waals surface area contributed by atoms with Crippen molar-refractivity contribution in [3.63, 3.8) is 0 Å². The van der Waals surface area contributed by atoms with Crippen LogP contribution in [0.1, 0.15) is 31.7 Å². The van der Waals surface area contributed by atoms with E-state index in [2.05, 4.69) is 24.9 Å². The van der Waals surface area contributed by atoms with Crippen LogP contribution in [-0.2, 0) is 0 Å². The fraction of sp³-hybridized carbons (Fsp3) is 0.500. The smallest absolute Gasteiger partial charge is 0.145 e. The van der Waals surface area contributed by atoms with E-state index in [1.54, 1.807) is 11.2 Å². The molecule has 72 valence electrons. The van der Waals surface area contributed by atoms with Crippen LogP contribution >= 0.6 is 0 Å². The Labute approximate surface area is 79.5 Å². The lowest BCUT2D eigenvalue weighted by atomic mass is 9.99. The number of nitrogens with two attached hydrogens (primary N) is 1. The Kier molecular flexibility index (Phi) is 3.25. The van der Waals surface area contributed by atoms with Crippen molar-refractivity contribution < 1.29 is 0 Å². The Balaban J connectivity index is 3.04. The van der Waals surface area contributed by atoms with Crippen molar-refractivity contribution in [3.05, 3.63) is 23.9 Å². The number of pyridine rings is 1. The molecule has 1 unspecified atom stereocenters. The first-order chi connectivity index (χ1) is 6.16. The highest BCUT2D eigenvalue weighted by atomic mass is 15.4. The van der Waals surface area contributed by atoms with Gasteiger partial charge in [-0.15, -0.1) is 0 Å². The highest BCUT2D eigenvalue weighted by Crippen LogP contribution is 2.25. The van der Waals surface area contributed by atoms with E-state index < -0.39 is 0 Å². The van der Waals surface area contributed by atoms with Gasteiger partial charge in [0.05, 0.1) is 0 Å². The molecule has 0 aliphatic heterocycles. The third-order valence-electron chi connectivity index (χ3n) is 2.29. The third-order valence-corrected chi connectivity index (χ3v) is 2.29. The van der Waals surface area contributed by atoms with E-state index in [-0.39, 0.29) is 0 Å². The first-order valence-electron chi connectivity index (χ1n) is 4.60. The standard InChI is InChI=1S/C10H17N3/c1-4-8(2)9-6-5-7-12-10(9)13(3)11/h5-8H,4,11H2,1-3H3. The first kappa shape index (κ1) is 9.99. The van der Waals surface area contributed by atoms with Crippen LogP contribution in [0, 0.1) is 0 Å². The lowest BCUT2D eigenvalue weighted by Gasteiger charge is -2.18. The van der Waals surface area contributed by atoms with Gasteiger partial charge in [-0.05, 0) is 24.0 Å². The fourth-order valence-corrected chi connectivity index (χ4v) is 1.31. The molecule has 1 atom stereocenters. The van der Waals surface area contributed by atoms with Crippen molar-refractivity contribution in [1.82, 2.24) is 4.98 Å². The zero-order valence-electron chi connectivity index (χ0n) is 8.49. The normalized spacial score (nSPS) is 12.6. The zero-order chi connectivity index (χ0) is 9.84. The van der Waals surface area contributed by atoms with Crippen LogP contribution in [0.5, 0.6) is 0 Å². The molecule has 0 bridgehead atoms. The second-order valence-electron chi connectivity index (χ2n) is 3.34. The summed E-state index contributed by atoms with van der Waals surface area (Å²) in [6.07, 6.45) is 2.87. The molecule has 3 nitrogen and oxygen atoms in total. The number of anilines is 1. The molecule has 1 heterocycles. The number of aromatic nitrogens is 1. The van der Waals surface area contributed by atoms with E-state index in [4.69, 9.17) is 5.84 Å². The van der Waals surface area contributed by atoms with Gasteiger partial charge in [-0.2, -0.15) is 0 Å². The quantitative estimate of drug-likeness (QED) is 0.569. The van der Waals surface area contributed by atoms with Crippen LogP contribution in [-0.4, -0.2) is 12.0 Å². The highest BCUT2D eigenvalue weighted by molar-refractivity contribution is 5.46. The molecule has 0 saturated carbocycles. The minimum atomic E-state index is 0.509. The molecule has 0 aromatic carbocycles. The van der Waals surface area contributed by atoms with Gasteiger partial charge in [0.15, 0.2) is 0 Å². The predicted molar refractivity (Wildman–Crippen MR) is 55.5 cm³/mol. The second-order valence-corrected chi connectivity index (χ2v) is 3.34. The van der Waals surface area contributed by atoms with Gasteiger partial charge in [0, 0.05) is 13.2 Å². The molecule has 13 heavy (non-hydrogen) atoms. The minimum Gasteiger partial charge on any atom is -0.298 e. The van der Waals surface area contributed by atoms with Gasteiger partial charge in [0.25, 0.3) is 0 Å². The molecule has 3 heteroatoms. The maximum absolute atomic E-state index is 5.68. The Morgan fingerprint density at radius 3 is 2.85 bits per heavy atom. The summed E-state index contributed by atoms with van der Waals surface area (Å²) in [6.45, 7) is 4.35. The SMILES string of the molecule is CCC(C)c1cccnc1N(C)N. The summed E-state index contributed by atoms with van der Waals surface area (Å²) in [5, 5.41) is 1.57. The maximum Gasteiger partial charge on any atom is 0.145 e. The molecule has 0 aliphatic carbocycles. The number of hydrogen-bond acceptors (Lipinski definition) is 3. The number of hydrogen-bond donors (Lipinski definition) is 1. The van der Waals surface area contributed by atoms with Crippen LogP contribution in [0.2, 0.25) is 0 Å². The molecule has 1 aromatic heterocycles. The zero-order valence-corrected chi connectivity index (χ0v) is 8.49. The summed E-state index contributed by atoms with van der Waals surface area (Å²) < 4.78 is 0. The Morgan fingerprint density at radius 2 is 2.31 bits per heavy atom. The summed E-state index contributed by atoms with van der Waals surface area (Å²) in [6, 6.07) is 4.04. The van der Waals surface area contributed by atoms with Crippen LogP contribution in [0.25, 0.3) is 0 Å². The monoisotopic (exact) mass is 179 g/mol. The van der Waals surface area contributed by atoms with E-state index >= 15 is 0 Å². The molecule has 1 aromatic rings. The van der Waals surface area contributed by atoms with Gasteiger partial charge >= 0.3 is 0 Å². The van der Waals surface area contributed by atoms with Gasteiger partial charge in [0.1, 0.15) is 5.82 Å². The number of hydrazine groups is 1. The van der Waals surface area contributed by atoms with Crippen molar-refractivity contribution in [2.75, 3.05) is 12.1 Å². The summed E-state index contributed by atoms with van der Waals surface area (Å²) in [5.41, 5.74) is 1.22. The number of rotatable bonds is 3. The lowest BCUT2D eigenvalue weighted by molar-refractivity contribution is 0.724. The molecule has 0 aliphatic rings. The molecule has 0 radical (unpaired) electrons. The highest BCUT2D eigenvalue weighted by Gasteiger charge is 2.10. The average Bonchev–Trinajstić information content (AvgIpc) is 2.16. The van der Waals surface area contributed by atoms with Gasteiger partial charge in [-0.3, -0.25) is 5.01 Å². The van der Waals surface area contributed by atoms with E-state index in [9.17, 15) is 0 Å².